The predicted octanol–water partition coefficient (Wildman–Crippen LogP) is 0.488. The average Bonchev–Trinajstić information content (AvgIpc) is 2.22. The van der Waals surface area contributed by atoms with Crippen LogP contribution in [0.1, 0.15) is 16.7 Å². The van der Waals surface area contributed by atoms with Crippen LogP contribution in [0.2, 0.25) is 0 Å². The van der Waals surface area contributed by atoms with Crippen LogP contribution in [0, 0.1) is 6.92 Å². The van der Waals surface area contributed by atoms with Gasteiger partial charge >= 0.3 is 0 Å². The van der Waals surface area contributed by atoms with Gasteiger partial charge in [0, 0.05) is 11.1 Å². The van der Waals surface area contributed by atoms with Gasteiger partial charge in [0.15, 0.2) is 5.88 Å². The summed E-state index contributed by atoms with van der Waals surface area (Å²) >= 11 is 0. The van der Waals surface area contributed by atoms with E-state index in [0.29, 0.717) is 0 Å². The Labute approximate surface area is 63.7 Å². The van der Waals surface area contributed by atoms with E-state index in [1.165, 1.54) is 0 Å². The minimum Gasteiger partial charge on any atom is -0.494 e. The van der Waals surface area contributed by atoms with Gasteiger partial charge in [-0.3, -0.25) is 9.78 Å². The van der Waals surface area contributed by atoms with Crippen LogP contribution in [0.4, 0.5) is 0 Å². The lowest BCUT2D eigenvalue weighted by atomic mass is 10.2. The summed E-state index contributed by atoms with van der Waals surface area (Å²) in [5, 5.41) is 9.25. The summed E-state index contributed by atoms with van der Waals surface area (Å²) in [7, 11) is 0. The molecule has 0 amide bonds. The molecule has 0 saturated carbocycles. The summed E-state index contributed by atoms with van der Waals surface area (Å²) < 4.78 is 0. The van der Waals surface area contributed by atoms with Gasteiger partial charge in [-0.15, -0.1) is 0 Å². The highest BCUT2D eigenvalue weighted by Crippen LogP contribution is 2.26. The number of fused-ring (bicyclic) bond motifs is 2. The van der Waals surface area contributed by atoms with Crippen molar-refractivity contribution >= 4 is 0 Å². The zero-order valence-electron chi connectivity index (χ0n) is 6.27. The zero-order chi connectivity index (χ0) is 8.01. The molecule has 2 rings (SSSR count). The van der Waals surface area contributed by atoms with Gasteiger partial charge in [-0.2, -0.15) is 0 Å². The highest BCUT2D eigenvalue weighted by Gasteiger charge is 2.19. The lowest BCUT2D eigenvalue weighted by Crippen LogP contribution is -2.10. The quantitative estimate of drug-likeness (QED) is 0.567. The Kier molecular flexibility index (Phi) is 1.10. The van der Waals surface area contributed by atoms with Crippen LogP contribution in [-0.2, 0) is 12.8 Å². The molecule has 0 atom stereocenters. The number of aromatic amines is 1. The first-order chi connectivity index (χ1) is 5.20. The highest BCUT2D eigenvalue weighted by molar-refractivity contribution is 5.43. The van der Waals surface area contributed by atoms with Crippen molar-refractivity contribution in [2.75, 3.05) is 0 Å². The van der Waals surface area contributed by atoms with E-state index < -0.39 is 0 Å². The summed E-state index contributed by atoms with van der Waals surface area (Å²) in [5.74, 6) is 0.0498. The van der Waals surface area contributed by atoms with E-state index in [4.69, 9.17) is 0 Å². The van der Waals surface area contributed by atoms with Crippen molar-refractivity contribution in [2.45, 2.75) is 19.8 Å². The Morgan fingerprint density at radius 1 is 1.36 bits per heavy atom. The lowest BCUT2D eigenvalue weighted by molar-refractivity contribution is 0.446. The van der Waals surface area contributed by atoms with Crippen LogP contribution in [-0.4, -0.2) is 10.1 Å². The van der Waals surface area contributed by atoms with E-state index in [0.717, 1.165) is 29.5 Å². The molecule has 0 saturated heterocycles. The van der Waals surface area contributed by atoms with E-state index >= 15 is 0 Å². The average molecular weight is 151 g/mol. The van der Waals surface area contributed by atoms with E-state index in [9.17, 15) is 9.90 Å². The van der Waals surface area contributed by atoms with Crippen LogP contribution in [0.3, 0.4) is 0 Å². The predicted molar refractivity (Wildman–Crippen MR) is 40.9 cm³/mol. The van der Waals surface area contributed by atoms with E-state index in [-0.39, 0.29) is 11.4 Å². The molecule has 2 bridgehead atoms. The fourth-order valence-corrected chi connectivity index (χ4v) is 1.65. The van der Waals surface area contributed by atoms with Crippen molar-refractivity contribution in [1.82, 2.24) is 4.98 Å². The van der Waals surface area contributed by atoms with E-state index in [1.54, 1.807) is 0 Å². The summed E-state index contributed by atoms with van der Waals surface area (Å²) in [6.07, 6.45) is 1.57. The molecule has 3 nitrogen and oxygen atoms in total. The molecule has 1 aliphatic carbocycles. The molecule has 1 aliphatic rings. The topological polar surface area (TPSA) is 53.1 Å². The molecule has 1 heterocycles. The lowest BCUT2D eigenvalue weighted by Gasteiger charge is -1.99. The molecule has 2 N–H and O–H groups in total. The molecule has 3 heteroatoms. The van der Waals surface area contributed by atoms with Crippen LogP contribution in [0.15, 0.2) is 4.79 Å². The molecule has 58 valence electrons. The maximum atomic E-state index is 11.1. The highest BCUT2D eigenvalue weighted by atomic mass is 16.3. The Morgan fingerprint density at radius 2 is 2.00 bits per heavy atom. The summed E-state index contributed by atoms with van der Waals surface area (Å²) in [6.45, 7) is 1.88. The summed E-state index contributed by atoms with van der Waals surface area (Å²) in [6, 6.07) is 0. The van der Waals surface area contributed by atoms with E-state index in [2.05, 4.69) is 4.98 Å². The van der Waals surface area contributed by atoms with Crippen LogP contribution >= 0.6 is 0 Å². The maximum absolute atomic E-state index is 11.1. The van der Waals surface area contributed by atoms with Gasteiger partial charge in [-0.25, -0.2) is 0 Å². The number of nitrogens with one attached hydrogen (secondary N) is 1. The van der Waals surface area contributed by atoms with Crippen molar-refractivity contribution in [1.29, 1.82) is 0 Å². The second-order valence-electron chi connectivity index (χ2n) is 2.88. The molecular formula is C8H9NO2. The molecule has 11 heavy (non-hydrogen) atoms. The normalized spacial score (nSPS) is 13.9. The third-order valence-electron chi connectivity index (χ3n) is 2.32. The fourth-order valence-electron chi connectivity index (χ4n) is 1.65. The minimum atomic E-state index is -0.138. The standard InChI is InChI=1S/C8H9NO2/c1-4-5-2-3-6(4)8(11)9-7(5)10/h2-3H2,1H3,(H2,9,10,11). The first kappa shape index (κ1) is 6.46. The Morgan fingerprint density at radius 3 is 2.73 bits per heavy atom. The van der Waals surface area contributed by atoms with Gasteiger partial charge in [0.05, 0.1) is 0 Å². The van der Waals surface area contributed by atoms with Crippen LogP contribution in [0.5, 0.6) is 5.88 Å². The third-order valence-corrected chi connectivity index (χ3v) is 2.32. The Hall–Kier alpha value is -1.25. The van der Waals surface area contributed by atoms with E-state index in [1.807, 2.05) is 6.92 Å². The first-order valence-electron chi connectivity index (χ1n) is 3.63. The fraction of sp³-hybridized carbons (Fsp3) is 0.375. The summed E-state index contributed by atoms with van der Waals surface area (Å²) in [4.78, 5) is 13.5. The molecule has 0 unspecified atom stereocenters. The zero-order valence-corrected chi connectivity index (χ0v) is 6.27. The van der Waals surface area contributed by atoms with Gasteiger partial charge in [0.25, 0.3) is 5.56 Å². The van der Waals surface area contributed by atoms with Gasteiger partial charge in [0.1, 0.15) is 0 Å². The Bertz CT molecular complexity index is 365. The van der Waals surface area contributed by atoms with Gasteiger partial charge in [-0.05, 0) is 25.3 Å². The number of H-pyrrole nitrogens is 1. The number of aromatic hydroxyl groups is 1. The van der Waals surface area contributed by atoms with Crippen LogP contribution < -0.4 is 5.56 Å². The van der Waals surface area contributed by atoms with Crippen molar-refractivity contribution in [3.05, 3.63) is 27.0 Å². The number of aromatic nitrogens is 1. The number of rotatable bonds is 0. The molecular weight excluding hydrogens is 142 g/mol. The monoisotopic (exact) mass is 151 g/mol. The number of hydrogen-bond donors (Lipinski definition) is 2. The molecule has 0 fully saturated rings. The largest absolute Gasteiger partial charge is 0.494 e. The number of hydrogen-bond acceptors (Lipinski definition) is 2. The molecule has 1 aromatic heterocycles. The second-order valence-corrected chi connectivity index (χ2v) is 2.88. The molecule has 0 radical (unpaired) electrons. The smallest absolute Gasteiger partial charge is 0.254 e. The molecule has 0 spiro atoms. The second kappa shape index (κ2) is 1.87. The number of pyridine rings is 1. The van der Waals surface area contributed by atoms with Crippen molar-refractivity contribution < 1.29 is 5.11 Å². The molecule has 1 aromatic rings. The minimum absolute atomic E-state index is 0.0498. The molecule has 0 aliphatic heterocycles. The van der Waals surface area contributed by atoms with Crippen molar-refractivity contribution in [3.8, 4) is 5.88 Å². The molecule has 0 aromatic carbocycles. The van der Waals surface area contributed by atoms with Gasteiger partial charge in [-0.1, -0.05) is 0 Å². The summed E-state index contributed by atoms with van der Waals surface area (Å²) in [5.41, 5.74) is 2.56. The third kappa shape index (κ3) is 0.707. The SMILES string of the molecule is Cc1c2c(O)[nH]c(=O)c1CC2. The maximum Gasteiger partial charge on any atom is 0.254 e. The van der Waals surface area contributed by atoms with Gasteiger partial charge < -0.3 is 5.11 Å². The Balaban J connectivity index is 2.87. The van der Waals surface area contributed by atoms with Crippen molar-refractivity contribution in [3.63, 3.8) is 0 Å². The van der Waals surface area contributed by atoms with Gasteiger partial charge in [0.2, 0.25) is 0 Å². The van der Waals surface area contributed by atoms with Crippen LogP contribution in [0.25, 0.3) is 0 Å². The van der Waals surface area contributed by atoms with Crippen molar-refractivity contribution in [2.24, 2.45) is 0 Å². The first-order valence-corrected chi connectivity index (χ1v) is 3.63.